The van der Waals surface area contributed by atoms with Crippen molar-refractivity contribution in [1.82, 2.24) is 14.7 Å². The number of hydrogen-bond acceptors (Lipinski definition) is 3. The zero-order chi connectivity index (χ0) is 11.1. The van der Waals surface area contributed by atoms with Gasteiger partial charge in [0.15, 0.2) is 0 Å². The van der Waals surface area contributed by atoms with Crippen LogP contribution in [0.25, 0.3) is 0 Å². The van der Waals surface area contributed by atoms with Gasteiger partial charge in [-0.2, -0.15) is 0 Å². The quantitative estimate of drug-likeness (QED) is 0.578. The Bertz CT molecular complexity index is 173. The Hall–Kier alpha value is -0.610. The summed E-state index contributed by atoms with van der Waals surface area (Å²) in [6, 6.07) is 0. The molecule has 15 heavy (non-hydrogen) atoms. The molecule has 2 aliphatic rings. The van der Waals surface area contributed by atoms with Crippen LogP contribution in [-0.2, 0) is 4.79 Å². The maximum Gasteiger partial charge on any atom is 0.209 e. The number of likely N-dealkylation sites (N-methyl/N-ethyl adjacent to an activating group) is 1. The molecular formula is C11H23N3O. The van der Waals surface area contributed by atoms with Crippen LogP contribution in [-0.4, -0.2) is 74.5 Å². The number of nitrogens with zero attached hydrogens (tertiary/aromatic N) is 3. The van der Waals surface area contributed by atoms with Gasteiger partial charge in [-0.05, 0) is 40.0 Å². The molecule has 0 unspecified atom stereocenters. The van der Waals surface area contributed by atoms with Crippen molar-refractivity contribution in [1.29, 1.82) is 0 Å². The standard InChI is InChI=1S/C6H12N2O.C5H11N/c1-7-2-4-8(6-9)5-3-7;1-6-4-2-3-5-6/h6H,2-5H2,1H3;2-5H2,1H3. The van der Waals surface area contributed by atoms with E-state index in [1.54, 1.807) is 4.90 Å². The van der Waals surface area contributed by atoms with Gasteiger partial charge in [0.25, 0.3) is 0 Å². The van der Waals surface area contributed by atoms with Gasteiger partial charge < -0.3 is 14.7 Å². The normalized spacial score (nSPS) is 23.5. The molecule has 0 radical (unpaired) electrons. The molecule has 0 saturated carbocycles. The molecule has 0 N–H and O–H groups in total. The summed E-state index contributed by atoms with van der Waals surface area (Å²) in [5, 5.41) is 0. The average molecular weight is 213 g/mol. The second-order valence-electron chi connectivity index (χ2n) is 4.46. The Kier molecular flexibility index (Phi) is 5.65. The van der Waals surface area contributed by atoms with Crippen LogP contribution >= 0.6 is 0 Å². The molecule has 88 valence electrons. The zero-order valence-corrected chi connectivity index (χ0v) is 9.98. The fraction of sp³-hybridized carbons (Fsp3) is 0.909. The zero-order valence-electron chi connectivity index (χ0n) is 9.98. The van der Waals surface area contributed by atoms with Crippen molar-refractivity contribution in [2.45, 2.75) is 12.8 Å². The van der Waals surface area contributed by atoms with E-state index in [2.05, 4.69) is 23.9 Å². The van der Waals surface area contributed by atoms with Crippen molar-refractivity contribution in [3.05, 3.63) is 0 Å². The summed E-state index contributed by atoms with van der Waals surface area (Å²) in [5.41, 5.74) is 0. The molecule has 2 aliphatic heterocycles. The third kappa shape index (κ3) is 5.14. The average Bonchev–Trinajstić information content (AvgIpc) is 2.71. The second kappa shape index (κ2) is 6.80. The minimum Gasteiger partial charge on any atom is -0.343 e. The van der Waals surface area contributed by atoms with Crippen LogP contribution in [0.2, 0.25) is 0 Å². The van der Waals surface area contributed by atoms with Crippen LogP contribution in [0.1, 0.15) is 12.8 Å². The molecule has 0 aromatic rings. The summed E-state index contributed by atoms with van der Waals surface area (Å²) in [6.45, 7) is 6.44. The van der Waals surface area contributed by atoms with Crippen molar-refractivity contribution < 1.29 is 4.79 Å². The molecule has 0 aromatic carbocycles. The number of carbonyl (C=O) groups is 1. The highest BCUT2D eigenvalue weighted by Gasteiger charge is 2.10. The molecule has 2 rings (SSSR count). The number of hydrogen-bond donors (Lipinski definition) is 0. The number of piperazine rings is 1. The number of likely N-dealkylation sites (tertiary alicyclic amines) is 1. The molecule has 2 saturated heterocycles. The lowest BCUT2D eigenvalue weighted by Crippen LogP contribution is -2.43. The first-order chi connectivity index (χ1) is 7.22. The molecule has 1 amide bonds. The number of amides is 1. The highest BCUT2D eigenvalue weighted by atomic mass is 16.1. The van der Waals surface area contributed by atoms with Crippen LogP contribution in [0.5, 0.6) is 0 Å². The first kappa shape index (κ1) is 12.5. The van der Waals surface area contributed by atoms with Gasteiger partial charge in [0.1, 0.15) is 0 Å². The first-order valence-corrected chi connectivity index (χ1v) is 5.79. The van der Waals surface area contributed by atoms with E-state index in [0.717, 1.165) is 32.6 Å². The van der Waals surface area contributed by atoms with Gasteiger partial charge in [0, 0.05) is 26.2 Å². The molecular weight excluding hydrogens is 190 g/mol. The summed E-state index contributed by atoms with van der Waals surface area (Å²) in [4.78, 5) is 16.6. The van der Waals surface area contributed by atoms with Crippen LogP contribution in [0.15, 0.2) is 0 Å². The summed E-state index contributed by atoms with van der Waals surface area (Å²) in [6.07, 6.45) is 3.75. The van der Waals surface area contributed by atoms with E-state index in [9.17, 15) is 4.79 Å². The molecule has 0 spiro atoms. The van der Waals surface area contributed by atoms with Gasteiger partial charge in [-0.15, -0.1) is 0 Å². The summed E-state index contributed by atoms with van der Waals surface area (Å²) in [7, 11) is 4.25. The lowest BCUT2D eigenvalue weighted by molar-refractivity contribution is -0.119. The summed E-state index contributed by atoms with van der Waals surface area (Å²) >= 11 is 0. The van der Waals surface area contributed by atoms with E-state index in [1.165, 1.54) is 25.9 Å². The first-order valence-electron chi connectivity index (χ1n) is 5.79. The van der Waals surface area contributed by atoms with Crippen LogP contribution in [0.3, 0.4) is 0 Å². The predicted octanol–water partition coefficient (Wildman–Crippen LogP) is 0.102. The Morgan fingerprint density at radius 2 is 1.27 bits per heavy atom. The van der Waals surface area contributed by atoms with Crippen molar-refractivity contribution in [3.8, 4) is 0 Å². The molecule has 4 heteroatoms. The summed E-state index contributed by atoms with van der Waals surface area (Å²) < 4.78 is 0. The van der Waals surface area contributed by atoms with Gasteiger partial charge in [-0.25, -0.2) is 0 Å². The topological polar surface area (TPSA) is 26.8 Å². The Morgan fingerprint density at radius 1 is 0.800 bits per heavy atom. The number of rotatable bonds is 1. The van der Waals surface area contributed by atoms with Crippen molar-refractivity contribution in [3.63, 3.8) is 0 Å². The SMILES string of the molecule is CN1CCCC1.CN1CCN(C=O)CC1. The largest absolute Gasteiger partial charge is 0.343 e. The van der Waals surface area contributed by atoms with Crippen LogP contribution in [0, 0.1) is 0 Å². The fourth-order valence-electron chi connectivity index (χ4n) is 1.80. The fourth-order valence-corrected chi connectivity index (χ4v) is 1.80. The molecule has 0 aliphatic carbocycles. The monoisotopic (exact) mass is 213 g/mol. The molecule has 2 heterocycles. The maximum absolute atomic E-state index is 10.2. The lowest BCUT2D eigenvalue weighted by atomic mass is 10.4. The molecule has 0 atom stereocenters. The maximum atomic E-state index is 10.2. The van der Waals surface area contributed by atoms with Gasteiger partial charge in [0.05, 0.1) is 0 Å². The van der Waals surface area contributed by atoms with E-state index in [-0.39, 0.29) is 0 Å². The third-order valence-electron chi connectivity index (χ3n) is 3.02. The van der Waals surface area contributed by atoms with E-state index in [4.69, 9.17) is 0 Å². The second-order valence-corrected chi connectivity index (χ2v) is 4.46. The van der Waals surface area contributed by atoms with E-state index in [0.29, 0.717) is 0 Å². The van der Waals surface area contributed by atoms with Crippen LogP contribution < -0.4 is 0 Å². The van der Waals surface area contributed by atoms with E-state index >= 15 is 0 Å². The summed E-state index contributed by atoms with van der Waals surface area (Å²) in [5.74, 6) is 0. The minimum atomic E-state index is 0.889. The highest BCUT2D eigenvalue weighted by molar-refractivity contribution is 5.47. The van der Waals surface area contributed by atoms with E-state index < -0.39 is 0 Å². The van der Waals surface area contributed by atoms with Crippen molar-refractivity contribution in [2.24, 2.45) is 0 Å². The van der Waals surface area contributed by atoms with Gasteiger partial charge in [-0.3, -0.25) is 4.79 Å². The van der Waals surface area contributed by atoms with E-state index in [1.807, 2.05) is 0 Å². The predicted molar refractivity (Wildman–Crippen MR) is 61.9 cm³/mol. The van der Waals surface area contributed by atoms with Crippen LogP contribution in [0.4, 0.5) is 0 Å². The lowest BCUT2D eigenvalue weighted by Gasteiger charge is -2.29. The highest BCUT2D eigenvalue weighted by Crippen LogP contribution is 2.02. The Labute approximate surface area is 92.8 Å². The smallest absolute Gasteiger partial charge is 0.209 e. The van der Waals surface area contributed by atoms with Crippen molar-refractivity contribution >= 4 is 6.41 Å². The Morgan fingerprint density at radius 3 is 1.60 bits per heavy atom. The number of carbonyl (C=O) groups excluding carboxylic acids is 1. The van der Waals surface area contributed by atoms with Gasteiger partial charge >= 0.3 is 0 Å². The molecule has 0 aromatic heterocycles. The minimum absolute atomic E-state index is 0.889. The van der Waals surface area contributed by atoms with Gasteiger partial charge in [0.2, 0.25) is 6.41 Å². The Balaban J connectivity index is 0.000000162. The third-order valence-corrected chi connectivity index (χ3v) is 3.02. The molecule has 2 fully saturated rings. The molecule has 0 bridgehead atoms. The van der Waals surface area contributed by atoms with Crippen molar-refractivity contribution in [2.75, 3.05) is 53.4 Å². The molecule has 4 nitrogen and oxygen atoms in total. The van der Waals surface area contributed by atoms with Gasteiger partial charge in [-0.1, -0.05) is 0 Å².